The Morgan fingerprint density at radius 3 is 1.73 bits per heavy atom. The predicted octanol–water partition coefficient (Wildman–Crippen LogP) is 14.0. The summed E-state index contributed by atoms with van der Waals surface area (Å²) < 4.78 is 65.6. The average Bonchev–Trinajstić information content (AvgIpc) is 3.17. The molecule has 0 N–H and O–H groups in total. The van der Waals surface area contributed by atoms with Gasteiger partial charge in [0.15, 0.2) is 0 Å². The minimum Gasteiger partial charge on any atom is -0.251 e. The van der Waals surface area contributed by atoms with Crippen LogP contribution in [0, 0.1) is 17.7 Å². The highest BCUT2D eigenvalue weighted by molar-refractivity contribution is 5.70. The fourth-order valence-electron chi connectivity index (χ4n) is 7.07. The van der Waals surface area contributed by atoms with Crippen LogP contribution < -0.4 is 0 Å². The first-order chi connectivity index (χ1) is 25.1. The molecule has 0 spiro atoms. The number of pyridine rings is 2. The highest BCUT2D eigenvalue weighted by Crippen LogP contribution is 2.39. The van der Waals surface area contributed by atoms with Gasteiger partial charge in [-0.2, -0.15) is 17.6 Å². The lowest BCUT2D eigenvalue weighted by atomic mass is 9.77. The first-order valence-corrected chi connectivity index (χ1v) is 18.8. The molecule has 0 radical (unpaired) electrons. The second-order valence-electron chi connectivity index (χ2n) is 13.9. The van der Waals surface area contributed by atoms with Crippen molar-refractivity contribution < 1.29 is 22.0 Å². The summed E-state index contributed by atoms with van der Waals surface area (Å²) >= 11 is 0. The monoisotopic (exact) mass is 712 g/mol. The van der Waals surface area contributed by atoms with Crippen molar-refractivity contribution in [2.75, 3.05) is 0 Å². The summed E-state index contributed by atoms with van der Waals surface area (Å²) in [5.74, 6) is 0.319. The van der Waals surface area contributed by atoms with E-state index < -0.39 is 23.6 Å². The van der Waals surface area contributed by atoms with E-state index in [1.54, 1.807) is 24.4 Å². The van der Waals surface area contributed by atoms with Crippen molar-refractivity contribution in [3.05, 3.63) is 132 Å². The summed E-state index contributed by atoms with van der Waals surface area (Å²) in [5.41, 5.74) is 6.37. The maximum Gasteiger partial charge on any atom is 0.433 e. The van der Waals surface area contributed by atoms with Crippen molar-refractivity contribution in [1.29, 1.82) is 0 Å². The van der Waals surface area contributed by atoms with Crippen molar-refractivity contribution in [1.82, 2.24) is 9.97 Å². The van der Waals surface area contributed by atoms with E-state index in [0.717, 1.165) is 54.1 Å². The number of hydrogen-bond donors (Lipinski definition) is 0. The van der Waals surface area contributed by atoms with Gasteiger partial charge in [0, 0.05) is 29.1 Å². The lowest BCUT2D eigenvalue weighted by Crippen LogP contribution is -2.13. The molecule has 0 saturated heterocycles. The van der Waals surface area contributed by atoms with E-state index in [9.17, 15) is 22.0 Å². The molecular weight excluding hydrogens is 663 g/mol. The van der Waals surface area contributed by atoms with Crippen LogP contribution in [0.3, 0.4) is 0 Å². The highest BCUT2D eigenvalue weighted by atomic mass is 19.4. The van der Waals surface area contributed by atoms with Gasteiger partial charge in [0.05, 0.1) is 0 Å². The Hall–Kier alpha value is -4.39. The molecular formula is C45H49F5N2. The molecule has 1 saturated carbocycles. The van der Waals surface area contributed by atoms with Crippen molar-refractivity contribution in [3.8, 4) is 33.4 Å². The molecule has 2 nitrogen and oxygen atoms in total. The molecule has 2 aromatic heterocycles. The molecule has 1 aliphatic carbocycles. The van der Waals surface area contributed by atoms with E-state index in [1.807, 2.05) is 18.2 Å². The zero-order chi connectivity index (χ0) is 36.9. The normalized spacial score (nSPS) is 15.9. The standard InChI is InChI=1S/C26H33F4N.C19H16FN/c1-2-3-4-5-6-7-8-19-9-11-20(12-10-19)21-13-15-23(24(27)17-21)22-14-16-25(31-18-22)26(28,29)30;1-2-14-3-5-15(6-4-14)16-7-9-17(10-8-16)18-11-12-19(20)21-13-18/h13-20H,2-12H2,1H3;3-13H,2H2,1H3. The van der Waals surface area contributed by atoms with Gasteiger partial charge >= 0.3 is 6.18 Å². The predicted molar refractivity (Wildman–Crippen MR) is 202 cm³/mol. The third-order valence-corrected chi connectivity index (χ3v) is 10.3. The Morgan fingerprint density at radius 2 is 1.17 bits per heavy atom. The van der Waals surface area contributed by atoms with Crippen LogP contribution in [0.1, 0.15) is 107 Å². The topological polar surface area (TPSA) is 25.8 Å². The number of nitrogens with zero attached hydrogens (tertiary/aromatic N) is 2. The van der Waals surface area contributed by atoms with E-state index in [4.69, 9.17) is 0 Å². The van der Waals surface area contributed by atoms with Gasteiger partial charge in [0.25, 0.3) is 0 Å². The quantitative estimate of drug-likeness (QED) is 0.0731. The first kappa shape index (κ1) is 38.8. The fraction of sp³-hybridized carbons (Fsp3) is 0.378. The van der Waals surface area contributed by atoms with Crippen molar-refractivity contribution in [3.63, 3.8) is 0 Å². The van der Waals surface area contributed by atoms with Gasteiger partial charge in [0.1, 0.15) is 11.5 Å². The minimum absolute atomic E-state index is 0.293. The number of halogens is 5. The largest absolute Gasteiger partial charge is 0.433 e. The summed E-state index contributed by atoms with van der Waals surface area (Å²) in [5, 5.41) is 0. The molecule has 5 aromatic rings. The second-order valence-corrected chi connectivity index (χ2v) is 13.9. The first-order valence-electron chi connectivity index (χ1n) is 18.8. The van der Waals surface area contributed by atoms with Crippen LogP contribution >= 0.6 is 0 Å². The number of aromatic nitrogens is 2. The van der Waals surface area contributed by atoms with Gasteiger partial charge < -0.3 is 0 Å². The third kappa shape index (κ3) is 11.1. The zero-order valence-electron chi connectivity index (χ0n) is 30.2. The number of hydrogen-bond acceptors (Lipinski definition) is 2. The molecule has 1 fully saturated rings. The van der Waals surface area contributed by atoms with Gasteiger partial charge in [0.2, 0.25) is 5.95 Å². The van der Waals surface area contributed by atoms with E-state index in [0.29, 0.717) is 17.0 Å². The molecule has 7 heteroatoms. The maximum atomic E-state index is 14.7. The molecule has 274 valence electrons. The molecule has 3 aromatic carbocycles. The van der Waals surface area contributed by atoms with Crippen LogP contribution in [-0.2, 0) is 12.6 Å². The van der Waals surface area contributed by atoms with E-state index in [1.165, 1.54) is 86.6 Å². The molecule has 6 rings (SSSR count). The Kier molecular flexibility index (Phi) is 14.1. The van der Waals surface area contributed by atoms with Crippen LogP contribution in [0.2, 0.25) is 0 Å². The minimum atomic E-state index is -4.49. The summed E-state index contributed by atoms with van der Waals surface area (Å²) in [6, 6.07) is 27.3. The van der Waals surface area contributed by atoms with Crippen molar-refractivity contribution >= 4 is 0 Å². The number of unbranched alkanes of at least 4 members (excludes halogenated alkanes) is 5. The molecule has 0 bridgehead atoms. The van der Waals surface area contributed by atoms with Crippen molar-refractivity contribution in [2.45, 2.75) is 103 Å². The number of alkyl halides is 3. The van der Waals surface area contributed by atoms with Gasteiger partial charge in [-0.3, -0.25) is 4.98 Å². The molecule has 2 heterocycles. The lowest BCUT2D eigenvalue weighted by molar-refractivity contribution is -0.141. The van der Waals surface area contributed by atoms with E-state index in [2.05, 4.69) is 60.2 Å². The molecule has 0 aliphatic heterocycles. The molecule has 0 unspecified atom stereocenters. The second kappa shape index (κ2) is 18.9. The number of benzene rings is 3. The van der Waals surface area contributed by atoms with Crippen molar-refractivity contribution in [2.24, 2.45) is 5.92 Å². The van der Waals surface area contributed by atoms with Gasteiger partial charge in [-0.05, 0) is 96.0 Å². The van der Waals surface area contributed by atoms with Gasteiger partial charge in [-0.25, -0.2) is 9.37 Å². The van der Waals surface area contributed by atoms with Gasteiger partial charge in [-0.15, -0.1) is 0 Å². The average molecular weight is 713 g/mol. The Bertz CT molecular complexity index is 1790. The summed E-state index contributed by atoms with van der Waals surface area (Å²) in [6.45, 7) is 4.39. The van der Waals surface area contributed by atoms with E-state index >= 15 is 0 Å². The molecule has 1 aliphatic rings. The zero-order valence-corrected chi connectivity index (χ0v) is 30.2. The third-order valence-electron chi connectivity index (χ3n) is 10.3. The number of rotatable bonds is 12. The molecule has 0 amide bonds. The Labute approximate surface area is 305 Å². The van der Waals surface area contributed by atoms with Gasteiger partial charge in [-0.1, -0.05) is 126 Å². The summed E-state index contributed by atoms with van der Waals surface area (Å²) in [4.78, 5) is 7.13. The fourth-order valence-corrected chi connectivity index (χ4v) is 7.07. The summed E-state index contributed by atoms with van der Waals surface area (Å²) in [6.07, 6.45) is 13.1. The highest BCUT2D eigenvalue weighted by Gasteiger charge is 2.32. The molecule has 52 heavy (non-hydrogen) atoms. The maximum absolute atomic E-state index is 14.7. The van der Waals surface area contributed by atoms with E-state index in [-0.39, 0.29) is 0 Å². The Morgan fingerprint density at radius 1 is 0.596 bits per heavy atom. The van der Waals surface area contributed by atoms with Crippen LogP contribution in [0.15, 0.2) is 103 Å². The summed E-state index contributed by atoms with van der Waals surface area (Å²) in [7, 11) is 0. The van der Waals surface area contributed by atoms with Crippen LogP contribution in [0.4, 0.5) is 22.0 Å². The lowest BCUT2D eigenvalue weighted by Gasteiger charge is -2.29. The smallest absolute Gasteiger partial charge is 0.251 e. The number of aryl methyl sites for hydroxylation is 1. The molecule has 0 atom stereocenters. The van der Waals surface area contributed by atoms with Crippen LogP contribution in [-0.4, -0.2) is 9.97 Å². The SMILES string of the molecule is CCCCCCCCC1CCC(c2ccc(-c3ccc(C(F)(F)F)nc3)c(F)c2)CC1.CCc1ccc(-c2ccc(-c3ccc(F)nc3)cc2)cc1. The van der Waals surface area contributed by atoms with Crippen LogP contribution in [0.25, 0.3) is 33.4 Å². The Balaban J connectivity index is 0.000000216. The van der Waals surface area contributed by atoms with Crippen LogP contribution in [0.5, 0.6) is 0 Å².